The second-order valence-corrected chi connectivity index (χ2v) is 6.93. The van der Waals surface area contributed by atoms with Crippen LogP contribution in [0.5, 0.6) is 5.75 Å². The predicted octanol–water partition coefficient (Wildman–Crippen LogP) is 3.46. The van der Waals surface area contributed by atoms with E-state index in [0.717, 1.165) is 12.1 Å². The smallest absolute Gasteiger partial charge is 0.143 e. The topological polar surface area (TPSA) is 73.9 Å². The quantitative estimate of drug-likeness (QED) is 0.840. The molecule has 0 bridgehead atoms. The summed E-state index contributed by atoms with van der Waals surface area (Å²) in [4.78, 5) is 12.6. The van der Waals surface area contributed by atoms with Gasteiger partial charge in [0.05, 0.1) is 18.0 Å². The zero-order valence-electron chi connectivity index (χ0n) is 14.7. The minimum Gasteiger partial charge on any atom is -0.491 e. The number of hydrogen-bond donors (Lipinski definition) is 1. The van der Waals surface area contributed by atoms with Crippen LogP contribution in [0.1, 0.15) is 38.6 Å². The number of nitrogens with two attached hydrogens (primary N) is 1. The third-order valence-corrected chi connectivity index (χ3v) is 3.52. The van der Waals surface area contributed by atoms with Gasteiger partial charge in [0.2, 0.25) is 0 Å². The number of aryl methyl sites for hydroxylation is 1. The van der Waals surface area contributed by atoms with E-state index in [2.05, 4.69) is 21.9 Å². The summed E-state index contributed by atoms with van der Waals surface area (Å²) in [6.45, 7) is 7.69. The maximum absolute atomic E-state index is 13.4. The van der Waals surface area contributed by atoms with Gasteiger partial charge in [-0.25, -0.2) is 19.3 Å². The molecule has 0 radical (unpaired) electrons. The summed E-state index contributed by atoms with van der Waals surface area (Å²) in [5, 5.41) is 0. The Morgan fingerprint density at radius 3 is 2.62 bits per heavy atom. The lowest BCUT2D eigenvalue weighted by Crippen LogP contribution is -2.35. The zero-order chi connectivity index (χ0) is 17.7. The summed E-state index contributed by atoms with van der Waals surface area (Å²) >= 11 is 0. The van der Waals surface area contributed by atoms with Crippen LogP contribution in [0.3, 0.4) is 0 Å². The van der Waals surface area contributed by atoms with Crippen molar-refractivity contribution in [2.24, 2.45) is 11.7 Å². The first-order valence-corrected chi connectivity index (χ1v) is 8.05. The third-order valence-electron chi connectivity index (χ3n) is 3.52. The molecule has 2 heterocycles. The molecular weight excluding hydrogens is 307 g/mol. The van der Waals surface area contributed by atoms with Gasteiger partial charge in [-0.15, -0.1) is 0 Å². The average molecular weight is 332 g/mol. The normalized spacial score (nSPS) is 12.9. The van der Waals surface area contributed by atoms with E-state index in [1.807, 2.05) is 26.8 Å². The molecular formula is C18H25FN4O. The number of rotatable bonds is 7. The van der Waals surface area contributed by atoms with Crippen molar-refractivity contribution in [2.75, 3.05) is 6.61 Å². The number of nitrogens with zero attached hydrogens (tertiary/aromatic N) is 3. The Morgan fingerprint density at radius 2 is 2.00 bits per heavy atom. The highest BCUT2D eigenvalue weighted by Crippen LogP contribution is 2.24. The van der Waals surface area contributed by atoms with Gasteiger partial charge in [-0.3, -0.25) is 0 Å². The molecule has 130 valence electrons. The van der Waals surface area contributed by atoms with Crippen molar-refractivity contribution in [1.82, 2.24) is 15.0 Å². The van der Waals surface area contributed by atoms with Crippen molar-refractivity contribution in [3.8, 4) is 17.1 Å². The molecule has 2 rings (SSSR count). The molecule has 2 aromatic rings. The van der Waals surface area contributed by atoms with Crippen LogP contribution >= 0.6 is 0 Å². The minimum absolute atomic E-state index is 0.251. The summed E-state index contributed by atoms with van der Waals surface area (Å²) in [7, 11) is 0. The van der Waals surface area contributed by atoms with Gasteiger partial charge in [-0.2, -0.15) is 0 Å². The lowest BCUT2D eigenvalue weighted by atomic mass is 9.93. The number of ether oxygens (including phenoxy) is 1. The monoisotopic (exact) mass is 332 g/mol. The lowest BCUT2D eigenvalue weighted by molar-refractivity contribution is 0.225. The summed E-state index contributed by atoms with van der Waals surface area (Å²) in [5.74, 6) is 0.732. The predicted molar refractivity (Wildman–Crippen MR) is 92.4 cm³/mol. The Morgan fingerprint density at radius 1 is 1.25 bits per heavy atom. The number of hydrogen-bond acceptors (Lipinski definition) is 5. The van der Waals surface area contributed by atoms with Crippen LogP contribution in [0, 0.1) is 12.8 Å². The van der Waals surface area contributed by atoms with E-state index in [9.17, 15) is 4.39 Å². The number of alkyl halides is 1. The van der Waals surface area contributed by atoms with E-state index in [-0.39, 0.29) is 17.2 Å². The molecule has 5 nitrogen and oxygen atoms in total. The van der Waals surface area contributed by atoms with Gasteiger partial charge >= 0.3 is 0 Å². The molecule has 6 heteroatoms. The lowest BCUT2D eigenvalue weighted by Gasteiger charge is -2.23. The van der Waals surface area contributed by atoms with Crippen molar-refractivity contribution >= 4 is 0 Å². The SMILES string of the molecule is Cc1cc(-c2ccc(OC[C@@H](C)CC(C)(C)N)c(CF)n2)ncn1. The third kappa shape index (κ3) is 5.23. The maximum Gasteiger partial charge on any atom is 0.143 e. The van der Waals surface area contributed by atoms with Crippen molar-refractivity contribution in [3.05, 3.63) is 35.9 Å². The van der Waals surface area contributed by atoms with Crippen molar-refractivity contribution in [2.45, 2.75) is 46.3 Å². The Labute approximate surface area is 142 Å². The first kappa shape index (κ1) is 18.3. The Balaban J connectivity index is 2.12. The second-order valence-electron chi connectivity index (χ2n) is 6.93. The van der Waals surface area contributed by atoms with Gasteiger partial charge < -0.3 is 10.5 Å². The molecule has 24 heavy (non-hydrogen) atoms. The van der Waals surface area contributed by atoms with E-state index < -0.39 is 6.67 Å². The fraction of sp³-hybridized carbons (Fsp3) is 0.500. The van der Waals surface area contributed by atoms with Crippen LogP contribution in [0.25, 0.3) is 11.4 Å². The van der Waals surface area contributed by atoms with Gasteiger partial charge in [0.1, 0.15) is 24.4 Å². The van der Waals surface area contributed by atoms with Gasteiger partial charge in [0.25, 0.3) is 0 Å². The van der Waals surface area contributed by atoms with Crippen LogP contribution in [0.2, 0.25) is 0 Å². The van der Waals surface area contributed by atoms with Crippen molar-refractivity contribution in [3.63, 3.8) is 0 Å². The molecule has 0 fully saturated rings. The molecule has 2 aromatic heterocycles. The van der Waals surface area contributed by atoms with Crippen LogP contribution < -0.4 is 10.5 Å². The first-order valence-electron chi connectivity index (χ1n) is 8.05. The van der Waals surface area contributed by atoms with E-state index >= 15 is 0 Å². The van der Waals surface area contributed by atoms with Gasteiger partial charge in [0.15, 0.2) is 0 Å². The molecule has 0 amide bonds. The van der Waals surface area contributed by atoms with Crippen molar-refractivity contribution < 1.29 is 9.13 Å². The average Bonchev–Trinajstić information content (AvgIpc) is 2.51. The Hall–Kier alpha value is -2.08. The summed E-state index contributed by atoms with van der Waals surface area (Å²) < 4.78 is 19.1. The molecule has 0 unspecified atom stereocenters. The summed E-state index contributed by atoms with van der Waals surface area (Å²) in [6, 6.07) is 5.35. The fourth-order valence-corrected chi connectivity index (χ4v) is 2.64. The van der Waals surface area contributed by atoms with Gasteiger partial charge in [-0.1, -0.05) is 6.92 Å². The largest absolute Gasteiger partial charge is 0.491 e. The maximum atomic E-state index is 13.4. The number of pyridine rings is 1. The molecule has 0 aliphatic heterocycles. The fourth-order valence-electron chi connectivity index (χ4n) is 2.64. The standard InChI is InChI=1S/C18H25FN4O/c1-12(8-18(3,4)20)10-24-17-6-5-14(23-16(17)9-19)15-7-13(2)21-11-22-15/h5-7,11-12H,8-10,20H2,1-4H3/t12-/m0/s1. The van der Waals surface area contributed by atoms with E-state index in [1.54, 1.807) is 12.1 Å². The second kappa shape index (κ2) is 7.66. The van der Waals surface area contributed by atoms with Gasteiger partial charge in [0, 0.05) is 11.2 Å². The highest BCUT2D eigenvalue weighted by Gasteiger charge is 2.17. The van der Waals surface area contributed by atoms with E-state index in [4.69, 9.17) is 10.5 Å². The molecule has 0 saturated heterocycles. The zero-order valence-corrected chi connectivity index (χ0v) is 14.7. The first-order chi connectivity index (χ1) is 11.3. The van der Waals surface area contributed by atoms with Crippen LogP contribution in [0.4, 0.5) is 4.39 Å². The highest BCUT2D eigenvalue weighted by atomic mass is 19.1. The Bertz CT molecular complexity index is 685. The molecule has 0 aliphatic carbocycles. The summed E-state index contributed by atoms with van der Waals surface area (Å²) in [5.41, 5.74) is 8.16. The van der Waals surface area contributed by atoms with Crippen molar-refractivity contribution in [1.29, 1.82) is 0 Å². The number of halogens is 1. The van der Waals surface area contributed by atoms with Gasteiger partial charge in [-0.05, 0) is 51.3 Å². The molecule has 2 N–H and O–H groups in total. The Kier molecular flexibility index (Phi) is 5.83. The minimum atomic E-state index is -0.690. The molecule has 0 aliphatic rings. The highest BCUT2D eigenvalue weighted by molar-refractivity contribution is 5.55. The van der Waals surface area contributed by atoms with Crippen LogP contribution in [0.15, 0.2) is 24.5 Å². The molecule has 1 atom stereocenters. The molecule has 0 saturated carbocycles. The molecule has 0 spiro atoms. The molecule has 0 aromatic carbocycles. The van der Waals surface area contributed by atoms with E-state index in [0.29, 0.717) is 23.7 Å². The van der Waals surface area contributed by atoms with E-state index in [1.165, 1.54) is 6.33 Å². The number of aromatic nitrogens is 3. The van der Waals surface area contributed by atoms with Crippen LogP contribution in [-0.4, -0.2) is 27.1 Å². The summed E-state index contributed by atoms with van der Waals surface area (Å²) in [6.07, 6.45) is 2.30. The van der Waals surface area contributed by atoms with Crippen LogP contribution in [-0.2, 0) is 6.67 Å².